The Bertz CT molecular complexity index is 896. The average Bonchev–Trinajstić information content (AvgIpc) is 2.95. The Balaban J connectivity index is 1.92. The molecule has 1 aromatic heterocycles. The standard InChI is InChI=1S/C21H24N2O4/c1-12-16-14(10-21(2,3)11-15(16)24)22-17(12)19(25)23-18(20(26)27-4)13-8-6-5-7-9-13/h5-9,18,22H,10-11H2,1-4H3,(H,23,25). The number of fused-ring (bicyclic) bond motifs is 1. The van der Waals surface area contributed by atoms with E-state index in [1.54, 1.807) is 31.2 Å². The lowest BCUT2D eigenvalue weighted by Crippen LogP contribution is -2.35. The highest BCUT2D eigenvalue weighted by atomic mass is 16.5. The molecule has 1 aromatic carbocycles. The first-order valence-electron chi connectivity index (χ1n) is 8.92. The van der Waals surface area contributed by atoms with Crippen molar-refractivity contribution in [1.29, 1.82) is 0 Å². The van der Waals surface area contributed by atoms with Crippen molar-refractivity contribution in [2.24, 2.45) is 5.41 Å². The Labute approximate surface area is 158 Å². The van der Waals surface area contributed by atoms with Crippen molar-refractivity contribution in [3.8, 4) is 0 Å². The third-order valence-electron chi connectivity index (χ3n) is 4.97. The zero-order valence-corrected chi connectivity index (χ0v) is 16.0. The molecule has 1 unspecified atom stereocenters. The molecule has 0 radical (unpaired) electrons. The van der Waals surface area contributed by atoms with Gasteiger partial charge in [-0.15, -0.1) is 0 Å². The van der Waals surface area contributed by atoms with Crippen LogP contribution < -0.4 is 5.32 Å². The fraction of sp³-hybridized carbons (Fsp3) is 0.381. The predicted molar refractivity (Wildman–Crippen MR) is 101 cm³/mol. The van der Waals surface area contributed by atoms with Crippen LogP contribution in [0.15, 0.2) is 30.3 Å². The maximum absolute atomic E-state index is 12.9. The number of nitrogens with one attached hydrogen (secondary N) is 2. The number of benzene rings is 1. The largest absolute Gasteiger partial charge is 0.467 e. The fourth-order valence-electron chi connectivity index (χ4n) is 3.70. The molecule has 0 bridgehead atoms. The summed E-state index contributed by atoms with van der Waals surface area (Å²) in [4.78, 5) is 40.7. The molecule has 6 heteroatoms. The monoisotopic (exact) mass is 368 g/mol. The minimum Gasteiger partial charge on any atom is -0.467 e. The van der Waals surface area contributed by atoms with Crippen molar-refractivity contribution in [1.82, 2.24) is 10.3 Å². The topological polar surface area (TPSA) is 88.3 Å². The number of hydrogen-bond acceptors (Lipinski definition) is 4. The second-order valence-corrected chi connectivity index (χ2v) is 7.76. The maximum atomic E-state index is 12.9. The van der Waals surface area contributed by atoms with Crippen LogP contribution in [0.2, 0.25) is 0 Å². The number of aromatic nitrogens is 1. The summed E-state index contributed by atoms with van der Waals surface area (Å²) < 4.78 is 4.84. The lowest BCUT2D eigenvalue weighted by molar-refractivity contribution is -0.143. The van der Waals surface area contributed by atoms with Crippen LogP contribution >= 0.6 is 0 Å². The molecule has 0 saturated carbocycles. The number of Topliss-reactive ketones (excluding diaryl/α,β-unsaturated/α-hetero) is 1. The third-order valence-corrected chi connectivity index (χ3v) is 4.97. The van der Waals surface area contributed by atoms with Gasteiger partial charge >= 0.3 is 5.97 Å². The summed E-state index contributed by atoms with van der Waals surface area (Å²) >= 11 is 0. The van der Waals surface area contributed by atoms with Gasteiger partial charge in [0.1, 0.15) is 5.69 Å². The summed E-state index contributed by atoms with van der Waals surface area (Å²) in [5.74, 6) is -0.950. The van der Waals surface area contributed by atoms with Crippen molar-refractivity contribution < 1.29 is 19.1 Å². The molecule has 2 aromatic rings. The van der Waals surface area contributed by atoms with E-state index in [2.05, 4.69) is 10.3 Å². The van der Waals surface area contributed by atoms with Gasteiger partial charge in [0.15, 0.2) is 11.8 Å². The molecule has 0 aliphatic heterocycles. The van der Waals surface area contributed by atoms with Crippen LogP contribution in [0.4, 0.5) is 0 Å². The van der Waals surface area contributed by atoms with Gasteiger partial charge in [0.2, 0.25) is 0 Å². The SMILES string of the molecule is COC(=O)C(NC(=O)c1[nH]c2c(c1C)C(=O)CC(C)(C)C2)c1ccccc1. The van der Waals surface area contributed by atoms with E-state index < -0.39 is 17.9 Å². The van der Waals surface area contributed by atoms with Gasteiger partial charge in [-0.1, -0.05) is 44.2 Å². The van der Waals surface area contributed by atoms with E-state index in [9.17, 15) is 14.4 Å². The average molecular weight is 368 g/mol. The van der Waals surface area contributed by atoms with E-state index in [1.807, 2.05) is 19.9 Å². The molecular weight excluding hydrogens is 344 g/mol. The van der Waals surface area contributed by atoms with Crippen molar-refractivity contribution in [2.75, 3.05) is 7.11 Å². The van der Waals surface area contributed by atoms with Gasteiger partial charge in [-0.2, -0.15) is 0 Å². The molecule has 3 rings (SSSR count). The summed E-state index contributed by atoms with van der Waals surface area (Å²) in [7, 11) is 1.28. The summed E-state index contributed by atoms with van der Waals surface area (Å²) in [5, 5.41) is 2.73. The summed E-state index contributed by atoms with van der Waals surface area (Å²) in [6.45, 7) is 5.83. The van der Waals surface area contributed by atoms with E-state index in [1.165, 1.54) is 7.11 Å². The highest BCUT2D eigenvalue weighted by Gasteiger charge is 2.36. The predicted octanol–water partition coefficient (Wildman–Crippen LogP) is 3.12. The van der Waals surface area contributed by atoms with Crippen LogP contribution in [0.1, 0.15) is 64.0 Å². The number of carbonyl (C=O) groups is 3. The van der Waals surface area contributed by atoms with Crippen LogP contribution in [0.5, 0.6) is 0 Å². The van der Waals surface area contributed by atoms with Gasteiger partial charge in [-0.05, 0) is 29.9 Å². The zero-order chi connectivity index (χ0) is 19.8. The van der Waals surface area contributed by atoms with Gasteiger partial charge in [0.25, 0.3) is 5.91 Å². The minimum absolute atomic E-state index is 0.0432. The second kappa shape index (κ2) is 7.02. The molecule has 2 N–H and O–H groups in total. The fourth-order valence-corrected chi connectivity index (χ4v) is 3.70. The Morgan fingerprint density at radius 3 is 2.48 bits per heavy atom. The number of carbonyl (C=O) groups excluding carboxylic acids is 3. The Hall–Kier alpha value is -2.89. The van der Waals surface area contributed by atoms with Gasteiger partial charge < -0.3 is 15.0 Å². The number of hydrogen-bond donors (Lipinski definition) is 2. The van der Waals surface area contributed by atoms with E-state index in [4.69, 9.17) is 4.74 Å². The highest BCUT2D eigenvalue weighted by molar-refractivity contribution is 6.05. The van der Waals surface area contributed by atoms with Crippen LogP contribution in [0.25, 0.3) is 0 Å². The molecule has 1 amide bonds. The summed E-state index contributed by atoms with van der Waals surface area (Å²) in [6, 6.07) is 7.99. The quantitative estimate of drug-likeness (QED) is 0.812. The smallest absolute Gasteiger partial charge is 0.333 e. The molecule has 27 heavy (non-hydrogen) atoms. The van der Waals surface area contributed by atoms with Crippen LogP contribution in [-0.4, -0.2) is 29.8 Å². The third kappa shape index (κ3) is 3.65. The second-order valence-electron chi connectivity index (χ2n) is 7.76. The number of rotatable bonds is 4. The van der Waals surface area contributed by atoms with E-state index in [0.29, 0.717) is 35.2 Å². The molecule has 0 spiro atoms. The van der Waals surface area contributed by atoms with Crippen molar-refractivity contribution in [3.05, 3.63) is 58.4 Å². The van der Waals surface area contributed by atoms with Gasteiger partial charge in [-0.3, -0.25) is 9.59 Å². The van der Waals surface area contributed by atoms with Crippen molar-refractivity contribution in [2.45, 2.75) is 39.7 Å². The minimum atomic E-state index is -0.921. The molecule has 6 nitrogen and oxygen atoms in total. The number of H-pyrrole nitrogens is 1. The Morgan fingerprint density at radius 1 is 1.19 bits per heavy atom. The first kappa shape index (κ1) is 18.9. The molecule has 0 fully saturated rings. The van der Waals surface area contributed by atoms with Crippen molar-refractivity contribution in [3.63, 3.8) is 0 Å². The van der Waals surface area contributed by atoms with E-state index >= 15 is 0 Å². The highest BCUT2D eigenvalue weighted by Crippen LogP contribution is 2.36. The van der Waals surface area contributed by atoms with Crippen LogP contribution in [0, 0.1) is 12.3 Å². The molecule has 1 atom stereocenters. The Morgan fingerprint density at radius 2 is 1.85 bits per heavy atom. The molecule has 1 aliphatic carbocycles. The molecule has 142 valence electrons. The summed E-state index contributed by atoms with van der Waals surface area (Å²) in [6.07, 6.45) is 1.15. The first-order chi connectivity index (χ1) is 12.7. The van der Waals surface area contributed by atoms with Crippen LogP contribution in [0.3, 0.4) is 0 Å². The Kier molecular flexibility index (Phi) is 4.91. The number of ketones is 1. The number of methoxy groups -OCH3 is 1. The van der Waals surface area contributed by atoms with E-state index in [0.717, 1.165) is 5.69 Å². The lowest BCUT2D eigenvalue weighted by atomic mass is 9.75. The molecule has 0 saturated heterocycles. The normalized spacial score (nSPS) is 16.4. The number of amides is 1. The first-order valence-corrected chi connectivity index (χ1v) is 8.92. The summed E-state index contributed by atoms with van der Waals surface area (Å²) in [5.41, 5.74) is 2.81. The van der Waals surface area contributed by atoms with E-state index in [-0.39, 0.29) is 11.2 Å². The molecule has 1 aliphatic rings. The lowest BCUT2D eigenvalue weighted by Gasteiger charge is -2.28. The van der Waals surface area contributed by atoms with Gasteiger partial charge in [0.05, 0.1) is 7.11 Å². The van der Waals surface area contributed by atoms with Crippen LogP contribution in [-0.2, 0) is 16.0 Å². The number of ether oxygens (including phenoxy) is 1. The maximum Gasteiger partial charge on any atom is 0.333 e. The molecular formula is C21H24N2O4. The number of esters is 1. The van der Waals surface area contributed by atoms with Crippen molar-refractivity contribution >= 4 is 17.7 Å². The van der Waals surface area contributed by atoms with Gasteiger partial charge in [-0.25, -0.2) is 4.79 Å². The number of aromatic amines is 1. The van der Waals surface area contributed by atoms with Gasteiger partial charge in [0, 0.05) is 17.7 Å². The zero-order valence-electron chi connectivity index (χ0n) is 16.0. The molecule has 1 heterocycles.